The lowest BCUT2D eigenvalue weighted by atomic mass is 9.97. The van der Waals surface area contributed by atoms with E-state index in [4.69, 9.17) is 0 Å². The molecule has 0 saturated heterocycles. The van der Waals surface area contributed by atoms with E-state index in [2.05, 4.69) is 15.8 Å². The van der Waals surface area contributed by atoms with Crippen molar-refractivity contribution in [3.05, 3.63) is 0 Å². The Hall–Kier alpha value is -1.92. The minimum atomic E-state index is -1.17. The molecule has 1 aliphatic carbocycles. The lowest BCUT2D eigenvalue weighted by Crippen LogP contribution is -2.55. The zero-order valence-electron chi connectivity index (χ0n) is 9.86. The molecule has 0 unspecified atom stereocenters. The van der Waals surface area contributed by atoms with Gasteiger partial charge in [-0.05, 0) is 12.8 Å². The summed E-state index contributed by atoms with van der Waals surface area (Å²) in [5.74, 6) is -1.74. The van der Waals surface area contributed by atoms with Gasteiger partial charge in [-0.1, -0.05) is 12.8 Å². The number of carbonyl (C=O) groups excluding carboxylic acids is 2. The largest absolute Gasteiger partial charge is 0.480 e. The SMILES string of the molecule is O=C1CCC(C(=O)NC2(C(=O)O)CCCC2)=NN1. The van der Waals surface area contributed by atoms with Crippen molar-refractivity contribution in [2.75, 3.05) is 0 Å². The Morgan fingerprint density at radius 3 is 2.44 bits per heavy atom. The highest BCUT2D eigenvalue weighted by Crippen LogP contribution is 2.30. The molecule has 1 fully saturated rings. The summed E-state index contributed by atoms with van der Waals surface area (Å²) < 4.78 is 0. The van der Waals surface area contributed by atoms with Gasteiger partial charge in [-0.3, -0.25) is 9.59 Å². The molecular formula is C11H15N3O4. The van der Waals surface area contributed by atoms with Crippen LogP contribution in [-0.4, -0.2) is 34.1 Å². The van der Waals surface area contributed by atoms with Crippen LogP contribution < -0.4 is 10.7 Å². The molecule has 1 aliphatic heterocycles. The molecule has 18 heavy (non-hydrogen) atoms. The first kappa shape index (κ1) is 12.5. The van der Waals surface area contributed by atoms with Crippen LogP contribution in [0.4, 0.5) is 0 Å². The maximum absolute atomic E-state index is 11.9. The average molecular weight is 253 g/mol. The zero-order chi connectivity index (χ0) is 13.2. The Morgan fingerprint density at radius 2 is 1.94 bits per heavy atom. The van der Waals surface area contributed by atoms with Gasteiger partial charge in [0.1, 0.15) is 11.3 Å². The van der Waals surface area contributed by atoms with Crippen LogP contribution in [0.5, 0.6) is 0 Å². The third-order valence-corrected chi connectivity index (χ3v) is 3.39. The minimum Gasteiger partial charge on any atom is -0.480 e. The molecule has 98 valence electrons. The van der Waals surface area contributed by atoms with Crippen molar-refractivity contribution in [3.63, 3.8) is 0 Å². The van der Waals surface area contributed by atoms with Crippen LogP contribution in [0.1, 0.15) is 38.5 Å². The smallest absolute Gasteiger partial charge is 0.329 e. The van der Waals surface area contributed by atoms with Gasteiger partial charge >= 0.3 is 5.97 Å². The number of hydrazone groups is 1. The van der Waals surface area contributed by atoms with Crippen molar-refractivity contribution >= 4 is 23.5 Å². The predicted octanol–water partition coefficient (Wildman–Crippen LogP) is -0.234. The molecule has 2 aliphatic rings. The number of nitrogens with zero attached hydrogens (tertiary/aromatic N) is 1. The molecule has 0 aromatic carbocycles. The van der Waals surface area contributed by atoms with Gasteiger partial charge < -0.3 is 10.4 Å². The van der Waals surface area contributed by atoms with E-state index < -0.39 is 17.4 Å². The normalized spacial score (nSPS) is 22.0. The Kier molecular flexibility index (Phi) is 3.31. The Morgan fingerprint density at radius 1 is 1.28 bits per heavy atom. The summed E-state index contributed by atoms with van der Waals surface area (Å²) in [5.41, 5.74) is 1.24. The summed E-state index contributed by atoms with van der Waals surface area (Å²) in [6, 6.07) is 0. The van der Waals surface area contributed by atoms with Crippen LogP contribution in [0.3, 0.4) is 0 Å². The number of nitrogens with one attached hydrogen (secondary N) is 2. The Bertz CT molecular complexity index is 424. The first-order chi connectivity index (χ1) is 8.53. The maximum Gasteiger partial charge on any atom is 0.329 e. The molecule has 2 amide bonds. The van der Waals surface area contributed by atoms with Gasteiger partial charge in [0.05, 0.1) is 0 Å². The number of carboxylic acid groups (broad SMARTS) is 1. The fourth-order valence-electron chi connectivity index (χ4n) is 2.30. The highest BCUT2D eigenvalue weighted by Gasteiger charge is 2.43. The summed E-state index contributed by atoms with van der Waals surface area (Å²) >= 11 is 0. The highest BCUT2D eigenvalue weighted by molar-refractivity contribution is 6.40. The average Bonchev–Trinajstić information content (AvgIpc) is 2.79. The number of hydrogen-bond acceptors (Lipinski definition) is 4. The van der Waals surface area contributed by atoms with Crippen molar-refractivity contribution in [2.24, 2.45) is 5.10 Å². The highest BCUT2D eigenvalue weighted by atomic mass is 16.4. The molecule has 3 N–H and O–H groups in total. The van der Waals surface area contributed by atoms with E-state index in [-0.39, 0.29) is 24.5 Å². The number of rotatable bonds is 3. The van der Waals surface area contributed by atoms with Crippen LogP contribution >= 0.6 is 0 Å². The monoisotopic (exact) mass is 253 g/mol. The van der Waals surface area contributed by atoms with Crippen LogP contribution in [-0.2, 0) is 14.4 Å². The number of hydrogen-bond donors (Lipinski definition) is 3. The summed E-state index contributed by atoms with van der Waals surface area (Å²) in [6.45, 7) is 0. The molecule has 7 nitrogen and oxygen atoms in total. The van der Waals surface area contributed by atoms with Gasteiger partial charge in [-0.25, -0.2) is 10.2 Å². The second-order valence-electron chi connectivity index (χ2n) is 4.64. The fourth-order valence-corrected chi connectivity index (χ4v) is 2.30. The van der Waals surface area contributed by atoms with E-state index in [9.17, 15) is 19.5 Å². The molecule has 0 radical (unpaired) electrons. The third-order valence-electron chi connectivity index (χ3n) is 3.39. The number of carbonyl (C=O) groups is 3. The molecule has 7 heteroatoms. The van der Waals surface area contributed by atoms with Gasteiger partial charge in [-0.2, -0.15) is 5.10 Å². The molecule has 1 heterocycles. The van der Waals surface area contributed by atoms with Crippen molar-refractivity contribution in [1.82, 2.24) is 10.7 Å². The van der Waals surface area contributed by atoms with E-state index in [1.165, 1.54) is 0 Å². The summed E-state index contributed by atoms with van der Waals surface area (Å²) in [5, 5.41) is 15.4. The first-order valence-electron chi connectivity index (χ1n) is 5.95. The molecule has 0 bridgehead atoms. The number of carboxylic acids is 1. The topological polar surface area (TPSA) is 108 Å². The lowest BCUT2D eigenvalue weighted by Gasteiger charge is -2.26. The van der Waals surface area contributed by atoms with E-state index in [0.29, 0.717) is 12.8 Å². The Balaban J connectivity index is 2.06. The van der Waals surface area contributed by atoms with Crippen molar-refractivity contribution in [2.45, 2.75) is 44.1 Å². The van der Waals surface area contributed by atoms with E-state index in [1.807, 2.05) is 0 Å². The van der Waals surface area contributed by atoms with Crippen molar-refractivity contribution in [1.29, 1.82) is 0 Å². The zero-order valence-corrected chi connectivity index (χ0v) is 9.86. The molecular weight excluding hydrogens is 238 g/mol. The Labute approximate surface area is 104 Å². The molecule has 0 aromatic heterocycles. The summed E-state index contributed by atoms with van der Waals surface area (Å²) in [7, 11) is 0. The molecule has 2 rings (SSSR count). The third kappa shape index (κ3) is 2.34. The van der Waals surface area contributed by atoms with E-state index in [1.54, 1.807) is 0 Å². The summed E-state index contributed by atoms with van der Waals surface area (Å²) in [6.07, 6.45) is 2.90. The minimum absolute atomic E-state index is 0.183. The van der Waals surface area contributed by atoms with Gasteiger partial charge in [0, 0.05) is 12.8 Å². The first-order valence-corrected chi connectivity index (χ1v) is 5.95. The fraction of sp³-hybridized carbons (Fsp3) is 0.636. The molecule has 1 saturated carbocycles. The molecule has 0 atom stereocenters. The maximum atomic E-state index is 11.9. The van der Waals surface area contributed by atoms with E-state index in [0.717, 1.165) is 12.8 Å². The molecule has 0 spiro atoms. The standard InChI is InChI=1S/C11H15N3O4/c15-8-4-3-7(13-14-8)9(16)12-11(10(17)18)5-1-2-6-11/h1-6H2,(H,12,16)(H,14,15)(H,17,18). The molecule has 0 aromatic rings. The van der Waals surface area contributed by atoms with Crippen LogP contribution in [0.25, 0.3) is 0 Å². The van der Waals surface area contributed by atoms with Crippen LogP contribution in [0.2, 0.25) is 0 Å². The second-order valence-corrected chi connectivity index (χ2v) is 4.64. The number of aliphatic carboxylic acids is 1. The predicted molar refractivity (Wildman–Crippen MR) is 61.8 cm³/mol. The van der Waals surface area contributed by atoms with Gasteiger partial charge in [0.15, 0.2) is 0 Å². The van der Waals surface area contributed by atoms with Gasteiger partial charge in [-0.15, -0.1) is 0 Å². The van der Waals surface area contributed by atoms with Crippen LogP contribution in [0.15, 0.2) is 5.10 Å². The summed E-state index contributed by atoms with van der Waals surface area (Å²) in [4.78, 5) is 34.1. The van der Waals surface area contributed by atoms with Crippen molar-refractivity contribution in [3.8, 4) is 0 Å². The van der Waals surface area contributed by atoms with Gasteiger partial charge in [0.25, 0.3) is 5.91 Å². The van der Waals surface area contributed by atoms with Crippen molar-refractivity contribution < 1.29 is 19.5 Å². The van der Waals surface area contributed by atoms with Crippen LogP contribution in [0, 0.1) is 0 Å². The van der Waals surface area contributed by atoms with Gasteiger partial charge in [0.2, 0.25) is 5.91 Å². The lowest BCUT2D eigenvalue weighted by molar-refractivity contribution is -0.146. The van der Waals surface area contributed by atoms with E-state index >= 15 is 0 Å². The second kappa shape index (κ2) is 4.75. The number of amides is 2. The quantitative estimate of drug-likeness (QED) is 0.645.